The number of benzene rings is 1. The molecule has 3 rings (SSSR count). The Morgan fingerprint density at radius 3 is 2.83 bits per heavy atom. The van der Waals surface area contributed by atoms with Crippen molar-refractivity contribution in [2.45, 2.75) is 39.1 Å². The molecule has 23 heavy (non-hydrogen) atoms. The van der Waals surface area contributed by atoms with Gasteiger partial charge in [-0.15, -0.1) is 0 Å². The second-order valence-corrected chi connectivity index (χ2v) is 5.50. The third-order valence-corrected chi connectivity index (χ3v) is 3.96. The van der Waals surface area contributed by atoms with Gasteiger partial charge in [-0.2, -0.15) is 0 Å². The number of rotatable bonds is 7. The zero-order chi connectivity index (χ0) is 15.2. The average molecular weight is 385 g/mol. The van der Waals surface area contributed by atoms with Crippen LogP contribution in [0.4, 0.5) is 0 Å². The summed E-state index contributed by atoms with van der Waals surface area (Å²) in [6.45, 7) is 6.92. The molecule has 0 spiro atoms. The van der Waals surface area contributed by atoms with Gasteiger partial charge < -0.3 is 31.2 Å². The maximum absolute atomic E-state index is 5.64. The van der Waals surface area contributed by atoms with Crippen LogP contribution in [0.25, 0.3) is 11.0 Å². The molecule has 128 valence electrons. The maximum atomic E-state index is 5.64. The zero-order valence-electron chi connectivity index (χ0n) is 13.6. The van der Waals surface area contributed by atoms with E-state index in [-0.39, 0.29) is 23.3 Å². The lowest BCUT2D eigenvalue weighted by atomic mass is 10.3. The van der Waals surface area contributed by atoms with Gasteiger partial charge >= 0.3 is 0 Å². The first-order chi connectivity index (χ1) is 10.9. The Labute approximate surface area is 147 Å². The molecule has 0 unspecified atom stereocenters. The predicted molar refractivity (Wildman–Crippen MR) is 83.6 cm³/mol. The van der Waals surface area contributed by atoms with E-state index in [0.717, 1.165) is 52.4 Å². The molecule has 5 nitrogen and oxygen atoms in total. The van der Waals surface area contributed by atoms with Crippen LogP contribution < -0.4 is 21.5 Å². The molecule has 0 amide bonds. The second kappa shape index (κ2) is 9.37. The first-order valence-corrected chi connectivity index (χ1v) is 8.16. The topological polar surface area (TPSA) is 36.5 Å². The smallest absolute Gasteiger partial charge is 0.244 e. The number of nitrogens with zero attached hydrogens (tertiary/aromatic N) is 2. The van der Waals surface area contributed by atoms with Crippen molar-refractivity contribution < 1.29 is 35.8 Å². The molecule has 1 aromatic heterocycles. The van der Waals surface area contributed by atoms with Crippen LogP contribution in [0.15, 0.2) is 30.6 Å². The van der Waals surface area contributed by atoms with Crippen LogP contribution in [0.2, 0.25) is 0 Å². The van der Waals surface area contributed by atoms with E-state index in [9.17, 15) is 0 Å². The standard InChI is InChI=1S/C17H25N2O3.BrH/c1-2-20-13-10-19-14-18(15-6-3-4-7-16(15)19)9-8-17-21-11-5-12-22-17;/h3-4,6-7,14,17H,2,5,8-13H2,1H3;1H/q+1;/p-1. The number of aromatic nitrogens is 2. The summed E-state index contributed by atoms with van der Waals surface area (Å²) >= 11 is 0. The molecule has 1 fully saturated rings. The molecule has 0 atom stereocenters. The minimum absolute atomic E-state index is 0. The van der Waals surface area contributed by atoms with Crippen LogP contribution >= 0.6 is 0 Å². The normalized spacial score (nSPS) is 15.7. The van der Waals surface area contributed by atoms with Crippen molar-refractivity contribution in [3.05, 3.63) is 30.6 Å². The van der Waals surface area contributed by atoms with Gasteiger partial charge in [0.05, 0.1) is 26.4 Å². The molecule has 0 radical (unpaired) electrons. The van der Waals surface area contributed by atoms with Gasteiger partial charge in [0.15, 0.2) is 17.3 Å². The van der Waals surface area contributed by atoms with Gasteiger partial charge in [0.2, 0.25) is 6.33 Å². The van der Waals surface area contributed by atoms with Gasteiger partial charge in [-0.3, -0.25) is 0 Å². The summed E-state index contributed by atoms with van der Waals surface area (Å²) in [5.41, 5.74) is 2.49. The average Bonchev–Trinajstić information content (AvgIpc) is 2.93. The Kier molecular flexibility index (Phi) is 7.49. The van der Waals surface area contributed by atoms with Crippen molar-refractivity contribution in [2.75, 3.05) is 26.4 Å². The molecule has 0 N–H and O–H groups in total. The summed E-state index contributed by atoms with van der Waals surface area (Å²) in [4.78, 5) is 0. The van der Waals surface area contributed by atoms with Crippen molar-refractivity contribution >= 4 is 11.0 Å². The van der Waals surface area contributed by atoms with E-state index >= 15 is 0 Å². The summed E-state index contributed by atoms with van der Waals surface area (Å²) in [6.07, 6.45) is 3.99. The summed E-state index contributed by atoms with van der Waals surface area (Å²) in [5, 5.41) is 0. The second-order valence-electron chi connectivity index (χ2n) is 5.50. The molecule has 1 saturated heterocycles. The quantitative estimate of drug-likeness (QED) is 0.459. The first-order valence-electron chi connectivity index (χ1n) is 8.16. The molecule has 2 heterocycles. The number of hydrogen-bond acceptors (Lipinski definition) is 3. The number of aryl methyl sites for hydroxylation is 1. The van der Waals surface area contributed by atoms with Crippen molar-refractivity contribution in [3.63, 3.8) is 0 Å². The highest BCUT2D eigenvalue weighted by molar-refractivity contribution is 5.71. The van der Waals surface area contributed by atoms with E-state index in [1.807, 2.05) is 6.92 Å². The van der Waals surface area contributed by atoms with E-state index in [1.165, 1.54) is 11.0 Å². The van der Waals surface area contributed by atoms with Gasteiger partial charge in [-0.25, -0.2) is 9.13 Å². The number of para-hydroxylation sites is 2. The summed E-state index contributed by atoms with van der Waals surface area (Å²) in [6, 6.07) is 8.48. The highest BCUT2D eigenvalue weighted by Gasteiger charge is 2.19. The molecule has 1 aliphatic heterocycles. The minimum atomic E-state index is -0.0632. The number of hydrogen-bond donors (Lipinski definition) is 0. The lowest BCUT2D eigenvalue weighted by Crippen LogP contribution is -3.00. The fourth-order valence-electron chi connectivity index (χ4n) is 2.85. The Morgan fingerprint density at radius 1 is 1.26 bits per heavy atom. The zero-order valence-corrected chi connectivity index (χ0v) is 15.2. The molecular formula is C17H25BrN2O3. The molecule has 1 aromatic carbocycles. The Balaban J connectivity index is 0.00000192. The largest absolute Gasteiger partial charge is 1.00 e. The van der Waals surface area contributed by atoms with E-state index in [1.54, 1.807) is 0 Å². The van der Waals surface area contributed by atoms with E-state index in [0.29, 0.717) is 0 Å². The van der Waals surface area contributed by atoms with Gasteiger partial charge in [-0.05, 0) is 25.5 Å². The SMILES string of the molecule is CCOCCn1c[n+](CCC2OCCCO2)c2ccccc21.[Br-]. The molecule has 0 aliphatic carbocycles. The van der Waals surface area contributed by atoms with Crippen molar-refractivity contribution in [2.24, 2.45) is 0 Å². The van der Waals surface area contributed by atoms with Crippen LogP contribution in [0, 0.1) is 0 Å². The maximum Gasteiger partial charge on any atom is 0.244 e. The van der Waals surface area contributed by atoms with Gasteiger partial charge in [0, 0.05) is 13.0 Å². The lowest BCUT2D eigenvalue weighted by Gasteiger charge is -2.22. The van der Waals surface area contributed by atoms with Gasteiger partial charge in [-0.1, -0.05) is 12.1 Å². The molecule has 1 aliphatic rings. The van der Waals surface area contributed by atoms with Crippen LogP contribution in [0.3, 0.4) is 0 Å². The molecule has 6 heteroatoms. The molecular weight excluding hydrogens is 360 g/mol. The van der Waals surface area contributed by atoms with Gasteiger partial charge in [0.25, 0.3) is 0 Å². The van der Waals surface area contributed by atoms with Crippen LogP contribution in [-0.2, 0) is 27.3 Å². The fraction of sp³-hybridized carbons (Fsp3) is 0.588. The first kappa shape index (κ1) is 18.4. The molecule has 0 saturated carbocycles. The predicted octanol–water partition coefficient (Wildman–Crippen LogP) is -0.878. The summed E-state index contributed by atoms with van der Waals surface area (Å²) in [7, 11) is 0. The highest BCUT2D eigenvalue weighted by Crippen LogP contribution is 2.13. The van der Waals surface area contributed by atoms with E-state index in [4.69, 9.17) is 14.2 Å². The lowest BCUT2D eigenvalue weighted by molar-refractivity contribution is -0.674. The van der Waals surface area contributed by atoms with Crippen LogP contribution in [0.1, 0.15) is 19.8 Å². The minimum Gasteiger partial charge on any atom is -1.00 e. The van der Waals surface area contributed by atoms with E-state index < -0.39 is 0 Å². The Hall–Kier alpha value is -0.950. The third kappa shape index (κ3) is 4.76. The summed E-state index contributed by atoms with van der Waals surface area (Å²) in [5.74, 6) is 0. The molecule has 0 bridgehead atoms. The number of halogens is 1. The third-order valence-electron chi connectivity index (χ3n) is 3.96. The van der Waals surface area contributed by atoms with Crippen LogP contribution in [0.5, 0.6) is 0 Å². The van der Waals surface area contributed by atoms with Crippen molar-refractivity contribution in [1.82, 2.24) is 4.57 Å². The monoisotopic (exact) mass is 384 g/mol. The number of ether oxygens (including phenoxy) is 3. The fourth-order valence-corrected chi connectivity index (χ4v) is 2.85. The van der Waals surface area contributed by atoms with Crippen LogP contribution in [-0.4, -0.2) is 37.3 Å². The van der Waals surface area contributed by atoms with Gasteiger partial charge in [0.1, 0.15) is 6.54 Å². The molecule has 2 aromatic rings. The number of fused-ring (bicyclic) bond motifs is 1. The Bertz CT molecular complexity index is 597. The van der Waals surface area contributed by atoms with Crippen molar-refractivity contribution in [3.8, 4) is 0 Å². The Morgan fingerprint density at radius 2 is 2.04 bits per heavy atom. The number of imidazole rings is 1. The van der Waals surface area contributed by atoms with E-state index in [2.05, 4.69) is 39.7 Å². The summed E-state index contributed by atoms with van der Waals surface area (Å²) < 4.78 is 21.3. The highest BCUT2D eigenvalue weighted by atomic mass is 79.9. The van der Waals surface area contributed by atoms with Crippen molar-refractivity contribution in [1.29, 1.82) is 0 Å².